The fraction of sp³-hybridized carbons (Fsp3) is 0.188. The summed E-state index contributed by atoms with van der Waals surface area (Å²) in [6.45, 7) is 1.61. The first kappa shape index (κ1) is 11.5. The number of carbonyl (C=O) groups is 1. The average molecular weight is 257 g/mol. The molecule has 0 saturated carbocycles. The molecule has 0 saturated heterocycles. The molecule has 0 heterocycles. The number of ketones is 1. The van der Waals surface area contributed by atoms with E-state index in [2.05, 4.69) is 12.1 Å². The Hall–Kier alpha value is -1.60. The number of benzene rings is 2. The lowest BCUT2D eigenvalue weighted by Gasteiger charge is -2.20. The highest BCUT2D eigenvalue weighted by Gasteiger charge is 2.17. The summed E-state index contributed by atoms with van der Waals surface area (Å²) >= 11 is 6.03. The van der Waals surface area contributed by atoms with Crippen LogP contribution in [0.1, 0.15) is 28.4 Å². The molecule has 0 N–H and O–H groups in total. The highest BCUT2D eigenvalue weighted by Crippen LogP contribution is 2.35. The molecule has 0 amide bonds. The fourth-order valence-corrected chi connectivity index (χ4v) is 2.78. The van der Waals surface area contributed by atoms with Crippen molar-refractivity contribution in [3.05, 3.63) is 58.1 Å². The molecule has 2 aromatic rings. The highest BCUT2D eigenvalue weighted by molar-refractivity contribution is 6.30. The lowest BCUT2D eigenvalue weighted by atomic mass is 9.84. The number of rotatable bonds is 1. The third-order valence-corrected chi connectivity index (χ3v) is 3.77. The van der Waals surface area contributed by atoms with Gasteiger partial charge in [0.1, 0.15) is 0 Å². The molecule has 0 aliphatic heterocycles. The molecule has 2 heteroatoms. The highest BCUT2D eigenvalue weighted by atomic mass is 35.5. The number of fused-ring (bicyclic) bond motifs is 3. The van der Waals surface area contributed by atoms with Gasteiger partial charge in [0.25, 0.3) is 0 Å². The summed E-state index contributed by atoms with van der Waals surface area (Å²) in [6.07, 6.45) is 1.97. The van der Waals surface area contributed by atoms with E-state index in [9.17, 15) is 4.79 Å². The van der Waals surface area contributed by atoms with Crippen LogP contribution in [0.4, 0.5) is 0 Å². The van der Waals surface area contributed by atoms with Crippen LogP contribution in [0.25, 0.3) is 11.1 Å². The van der Waals surface area contributed by atoms with E-state index >= 15 is 0 Å². The van der Waals surface area contributed by atoms with Crippen LogP contribution in [-0.2, 0) is 12.8 Å². The maximum absolute atomic E-state index is 11.4. The Balaban J connectivity index is 2.16. The molecule has 0 radical (unpaired) electrons. The zero-order chi connectivity index (χ0) is 12.7. The molecule has 90 valence electrons. The van der Waals surface area contributed by atoms with Gasteiger partial charge in [-0.15, -0.1) is 0 Å². The van der Waals surface area contributed by atoms with Gasteiger partial charge in [0, 0.05) is 10.6 Å². The van der Waals surface area contributed by atoms with Crippen LogP contribution in [-0.4, -0.2) is 5.78 Å². The smallest absolute Gasteiger partial charge is 0.159 e. The minimum Gasteiger partial charge on any atom is -0.295 e. The summed E-state index contributed by atoms with van der Waals surface area (Å²) < 4.78 is 0. The van der Waals surface area contributed by atoms with E-state index in [1.807, 2.05) is 24.3 Å². The first-order valence-electron chi connectivity index (χ1n) is 6.08. The maximum Gasteiger partial charge on any atom is 0.159 e. The normalized spacial score (nSPS) is 12.8. The molecule has 0 aromatic heterocycles. The van der Waals surface area contributed by atoms with Gasteiger partial charge in [-0.2, -0.15) is 0 Å². The number of carbonyl (C=O) groups excluding carboxylic acids is 1. The van der Waals surface area contributed by atoms with E-state index in [-0.39, 0.29) is 5.78 Å². The first-order chi connectivity index (χ1) is 8.65. The number of aryl methyl sites for hydroxylation is 2. The molecule has 1 aliphatic carbocycles. The van der Waals surface area contributed by atoms with Gasteiger partial charge in [-0.1, -0.05) is 29.8 Å². The minimum absolute atomic E-state index is 0.125. The second-order valence-corrected chi connectivity index (χ2v) is 5.17. The van der Waals surface area contributed by atoms with Gasteiger partial charge in [0.2, 0.25) is 0 Å². The lowest BCUT2D eigenvalue weighted by Crippen LogP contribution is -2.05. The van der Waals surface area contributed by atoms with Crippen molar-refractivity contribution in [2.24, 2.45) is 0 Å². The van der Waals surface area contributed by atoms with Gasteiger partial charge < -0.3 is 0 Å². The van der Waals surface area contributed by atoms with Crippen LogP contribution in [0.2, 0.25) is 5.02 Å². The fourth-order valence-electron chi connectivity index (χ4n) is 2.58. The second kappa shape index (κ2) is 4.25. The van der Waals surface area contributed by atoms with Crippen molar-refractivity contribution in [2.75, 3.05) is 0 Å². The standard InChI is InChI=1S/C16H13ClO/c1-10(18)11-4-6-15-12(8-11)2-3-13-9-14(17)5-7-16(13)15/h4-9H,2-3H2,1H3. The Kier molecular flexibility index (Phi) is 2.71. The number of hydrogen-bond donors (Lipinski definition) is 0. The van der Waals surface area contributed by atoms with Gasteiger partial charge in [-0.3, -0.25) is 4.79 Å². The monoisotopic (exact) mass is 256 g/mol. The predicted molar refractivity (Wildman–Crippen MR) is 74.3 cm³/mol. The van der Waals surface area contributed by atoms with Gasteiger partial charge in [-0.05, 0) is 60.2 Å². The SMILES string of the molecule is CC(=O)c1ccc2c(c1)CCc1cc(Cl)ccc1-2. The number of hydrogen-bond acceptors (Lipinski definition) is 1. The van der Waals surface area contributed by atoms with Crippen molar-refractivity contribution in [3.63, 3.8) is 0 Å². The summed E-state index contributed by atoms with van der Waals surface area (Å²) in [5.41, 5.74) is 5.84. The van der Waals surface area contributed by atoms with E-state index in [0.29, 0.717) is 0 Å². The van der Waals surface area contributed by atoms with Crippen molar-refractivity contribution in [3.8, 4) is 11.1 Å². The molecule has 1 nitrogen and oxygen atoms in total. The van der Waals surface area contributed by atoms with E-state index in [4.69, 9.17) is 11.6 Å². The predicted octanol–water partition coefficient (Wildman–Crippen LogP) is 4.31. The van der Waals surface area contributed by atoms with Crippen molar-refractivity contribution in [1.82, 2.24) is 0 Å². The molecule has 2 aromatic carbocycles. The molecule has 0 fully saturated rings. The summed E-state index contributed by atoms with van der Waals surface area (Å²) in [5.74, 6) is 0.125. The summed E-state index contributed by atoms with van der Waals surface area (Å²) in [4.78, 5) is 11.4. The second-order valence-electron chi connectivity index (χ2n) is 4.73. The van der Waals surface area contributed by atoms with Crippen LogP contribution in [0.3, 0.4) is 0 Å². The van der Waals surface area contributed by atoms with Gasteiger partial charge in [0.15, 0.2) is 5.78 Å². The lowest BCUT2D eigenvalue weighted by molar-refractivity contribution is 0.101. The number of Topliss-reactive ketones (excluding diaryl/α,β-unsaturated/α-hetero) is 1. The average Bonchev–Trinajstić information content (AvgIpc) is 2.37. The summed E-state index contributed by atoms with van der Waals surface area (Å²) in [7, 11) is 0. The van der Waals surface area contributed by atoms with Crippen LogP contribution < -0.4 is 0 Å². The Morgan fingerprint density at radius 1 is 1.00 bits per heavy atom. The largest absolute Gasteiger partial charge is 0.295 e. The first-order valence-corrected chi connectivity index (χ1v) is 6.45. The van der Waals surface area contributed by atoms with E-state index < -0.39 is 0 Å². The summed E-state index contributed by atoms with van der Waals surface area (Å²) in [5, 5.41) is 0.789. The number of halogens is 1. The molecule has 18 heavy (non-hydrogen) atoms. The quantitative estimate of drug-likeness (QED) is 0.695. The van der Waals surface area contributed by atoms with Crippen molar-refractivity contribution < 1.29 is 4.79 Å². The zero-order valence-corrected chi connectivity index (χ0v) is 10.9. The minimum atomic E-state index is 0.125. The molecule has 0 spiro atoms. The van der Waals surface area contributed by atoms with Crippen molar-refractivity contribution in [2.45, 2.75) is 19.8 Å². The Bertz CT molecular complexity index is 644. The molecule has 1 aliphatic rings. The molecular formula is C16H13ClO. The van der Waals surface area contributed by atoms with Crippen molar-refractivity contribution in [1.29, 1.82) is 0 Å². The molecule has 0 atom stereocenters. The third-order valence-electron chi connectivity index (χ3n) is 3.53. The third kappa shape index (κ3) is 1.85. The Labute approximate surface area is 111 Å². The summed E-state index contributed by atoms with van der Waals surface area (Å²) in [6, 6.07) is 12.0. The van der Waals surface area contributed by atoms with E-state index in [1.165, 1.54) is 22.3 Å². The molecule has 3 rings (SSSR count). The molecule has 0 bridgehead atoms. The van der Waals surface area contributed by atoms with Gasteiger partial charge in [-0.25, -0.2) is 0 Å². The van der Waals surface area contributed by atoms with Crippen LogP contribution in [0.15, 0.2) is 36.4 Å². The van der Waals surface area contributed by atoms with E-state index in [0.717, 1.165) is 23.4 Å². The van der Waals surface area contributed by atoms with Gasteiger partial charge in [0.05, 0.1) is 0 Å². The van der Waals surface area contributed by atoms with Crippen LogP contribution >= 0.6 is 11.6 Å². The van der Waals surface area contributed by atoms with Crippen molar-refractivity contribution >= 4 is 17.4 Å². The van der Waals surface area contributed by atoms with E-state index in [1.54, 1.807) is 6.92 Å². The van der Waals surface area contributed by atoms with Crippen LogP contribution in [0, 0.1) is 0 Å². The Morgan fingerprint density at radius 3 is 2.28 bits per heavy atom. The van der Waals surface area contributed by atoms with Crippen LogP contribution in [0.5, 0.6) is 0 Å². The molecular weight excluding hydrogens is 244 g/mol. The molecule has 0 unspecified atom stereocenters. The van der Waals surface area contributed by atoms with Gasteiger partial charge >= 0.3 is 0 Å². The zero-order valence-electron chi connectivity index (χ0n) is 10.2. The Morgan fingerprint density at radius 2 is 1.61 bits per heavy atom. The maximum atomic E-state index is 11.4. The topological polar surface area (TPSA) is 17.1 Å².